The number of fused-ring (bicyclic) bond motifs is 1. The molecule has 2 N–H and O–H groups in total. The third-order valence-electron chi connectivity index (χ3n) is 6.31. The van der Waals surface area contributed by atoms with Gasteiger partial charge in [-0.25, -0.2) is 13.6 Å². The maximum absolute atomic E-state index is 13.4. The zero-order chi connectivity index (χ0) is 23.2. The summed E-state index contributed by atoms with van der Waals surface area (Å²) in [6, 6.07) is 17.6. The first-order valence-corrected chi connectivity index (χ1v) is 12.1. The predicted molar refractivity (Wildman–Crippen MR) is 124 cm³/mol. The molecule has 8 heteroatoms. The van der Waals surface area contributed by atoms with Gasteiger partial charge in [-0.1, -0.05) is 24.3 Å². The molecular formula is C25H25NO6S. The van der Waals surface area contributed by atoms with Crippen LogP contribution in [0.1, 0.15) is 25.4 Å². The Balaban J connectivity index is 0.00000274. The molecule has 3 aromatic rings. The molecule has 1 saturated carbocycles. The molecule has 0 amide bonds. The monoisotopic (exact) mass is 467 g/mol. The highest BCUT2D eigenvalue weighted by Crippen LogP contribution is 2.51. The van der Waals surface area contributed by atoms with Gasteiger partial charge in [0.1, 0.15) is 11.5 Å². The second kappa shape index (κ2) is 7.90. The number of primary sulfonamides is 1. The number of benzene rings is 3. The van der Waals surface area contributed by atoms with Crippen LogP contribution < -0.4 is 19.3 Å². The van der Waals surface area contributed by atoms with Crippen LogP contribution in [0.25, 0.3) is 11.1 Å². The van der Waals surface area contributed by atoms with Crippen LogP contribution >= 0.6 is 0 Å². The average molecular weight is 468 g/mol. The van der Waals surface area contributed by atoms with Crippen LogP contribution in [0, 0.1) is 0 Å². The van der Waals surface area contributed by atoms with Crippen molar-refractivity contribution in [2.45, 2.75) is 29.6 Å². The Hall–Kier alpha value is -3.36. The first kappa shape index (κ1) is 21.5. The third kappa shape index (κ3) is 3.96. The summed E-state index contributed by atoms with van der Waals surface area (Å²) in [7, 11) is -2.29. The number of Topliss-reactive ketones (excluding diaryl/α,β-unsaturated/α-hetero) is 1. The van der Waals surface area contributed by atoms with Crippen LogP contribution in [0.4, 0.5) is 0 Å². The molecule has 0 aromatic heterocycles. The lowest BCUT2D eigenvalue weighted by Crippen LogP contribution is -2.22. The van der Waals surface area contributed by atoms with Crippen molar-refractivity contribution in [3.05, 3.63) is 71.8 Å². The lowest BCUT2D eigenvalue weighted by atomic mass is 9.87. The minimum absolute atomic E-state index is 0. The molecule has 2 aliphatic rings. The smallest absolute Gasteiger partial charge is 0.238 e. The molecule has 1 aliphatic carbocycles. The van der Waals surface area contributed by atoms with E-state index in [-0.39, 0.29) is 25.3 Å². The minimum Gasteiger partial charge on any atom is -0.496 e. The van der Waals surface area contributed by atoms with E-state index in [4.69, 9.17) is 19.3 Å². The Morgan fingerprint density at radius 1 is 1.06 bits per heavy atom. The topological polar surface area (TPSA) is 105 Å². The van der Waals surface area contributed by atoms with Crippen LogP contribution in [0.3, 0.4) is 0 Å². The van der Waals surface area contributed by atoms with Crippen molar-refractivity contribution in [3.63, 3.8) is 0 Å². The van der Waals surface area contributed by atoms with Crippen molar-refractivity contribution in [1.82, 2.24) is 0 Å². The second-order valence-corrected chi connectivity index (χ2v) is 9.92. The van der Waals surface area contributed by atoms with Crippen molar-refractivity contribution in [3.8, 4) is 28.4 Å². The van der Waals surface area contributed by atoms with Gasteiger partial charge in [-0.15, -0.1) is 0 Å². The quantitative estimate of drug-likeness (QED) is 0.566. The van der Waals surface area contributed by atoms with Crippen molar-refractivity contribution in [2.24, 2.45) is 5.14 Å². The molecule has 0 saturated heterocycles. The van der Waals surface area contributed by atoms with Gasteiger partial charge in [0.15, 0.2) is 11.5 Å². The number of carbonyl (C=O) groups is 1. The van der Waals surface area contributed by atoms with Gasteiger partial charge in [-0.05, 0) is 65.9 Å². The molecule has 1 aliphatic heterocycles. The number of nitrogens with two attached hydrogens (primary N) is 1. The second-order valence-electron chi connectivity index (χ2n) is 8.36. The molecule has 3 aromatic carbocycles. The number of hydrogen-bond acceptors (Lipinski definition) is 6. The molecule has 7 nitrogen and oxygen atoms in total. The molecule has 1 heterocycles. The Kier molecular flexibility index (Phi) is 5.14. The van der Waals surface area contributed by atoms with Gasteiger partial charge in [-0.2, -0.15) is 0 Å². The van der Waals surface area contributed by atoms with E-state index in [1.165, 1.54) is 12.1 Å². The molecule has 0 spiro atoms. The van der Waals surface area contributed by atoms with Crippen LogP contribution in [-0.2, 0) is 26.7 Å². The highest BCUT2D eigenvalue weighted by molar-refractivity contribution is 7.89. The molecule has 0 radical (unpaired) electrons. The van der Waals surface area contributed by atoms with Crippen molar-refractivity contribution in [2.75, 3.05) is 13.9 Å². The first-order valence-electron chi connectivity index (χ1n) is 10.5. The molecule has 33 heavy (non-hydrogen) atoms. The van der Waals surface area contributed by atoms with E-state index < -0.39 is 15.4 Å². The molecular weight excluding hydrogens is 442 g/mol. The maximum Gasteiger partial charge on any atom is 0.238 e. The van der Waals surface area contributed by atoms with E-state index in [1.54, 1.807) is 25.3 Å². The minimum atomic E-state index is -3.84. The average Bonchev–Trinajstić information content (AvgIpc) is 3.49. The lowest BCUT2D eigenvalue weighted by Gasteiger charge is -2.16. The molecule has 0 unspecified atom stereocenters. The van der Waals surface area contributed by atoms with Crippen LogP contribution in [-0.4, -0.2) is 28.1 Å². The molecule has 1 fully saturated rings. The van der Waals surface area contributed by atoms with E-state index in [2.05, 4.69) is 0 Å². The number of ether oxygens (including phenoxy) is 3. The summed E-state index contributed by atoms with van der Waals surface area (Å²) in [6.07, 6.45) is 1.84. The number of methoxy groups -OCH3 is 1. The number of carbonyl (C=O) groups excluding carboxylic acids is 1. The summed E-state index contributed by atoms with van der Waals surface area (Å²) in [4.78, 5) is 13.4. The predicted octanol–water partition coefficient (Wildman–Crippen LogP) is 3.83. The van der Waals surface area contributed by atoms with Crippen LogP contribution in [0.5, 0.6) is 17.2 Å². The van der Waals surface area contributed by atoms with E-state index in [1.807, 2.05) is 30.3 Å². The number of ketones is 1. The van der Waals surface area contributed by atoms with Gasteiger partial charge < -0.3 is 14.2 Å². The van der Waals surface area contributed by atoms with Crippen molar-refractivity contribution in [1.29, 1.82) is 0 Å². The lowest BCUT2D eigenvalue weighted by molar-refractivity contribution is -0.120. The maximum atomic E-state index is 13.4. The standard InChI is InChI=1S/C25H23NO6S.H2/c1-30-21-7-5-16(11-20(21)17-3-2-4-19(13-17)33(26,28)29)12-24(27)25(9-10-25)18-6-8-22-23(14-18)32-15-31-22;/h2-8,11,13-14H,9-10,12,15H2,1H3,(H2,26,28,29);1H. The van der Waals surface area contributed by atoms with E-state index in [0.29, 0.717) is 28.4 Å². The summed E-state index contributed by atoms with van der Waals surface area (Å²) < 4.78 is 39.9. The summed E-state index contributed by atoms with van der Waals surface area (Å²) in [5.74, 6) is 2.09. The number of sulfonamides is 1. The van der Waals surface area contributed by atoms with E-state index >= 15 is 0 Å². The van der Waals surface area contributed by atoms with Gasteiger partial charge in [0.2, 0.25) is 16.8 Å². The molecule has 0 atom stereocenters. The first-order chi connectivity index (χ1) is 15.8. The Bertz CT molecular complexity index is 1370. The van der Waals surface area contributed by atoms with Gasteiger partial charge in [0.25, 0.3) is 0 Å². The summed E-state index contributed by atoms with van der Waals surface area (Å²) in [5, 5.41) is 5.29. The zero-order valence-corrected chi connectivity index (χ0v) is 18.9. The molecule has 172 valence electrons. The van der Waals surface area contributed by atoms with Crippen molar-refractivity contribution < 1.29 is 28.8 Å². The third-order valence-corrected chi connectivity index (χ3v) is 7.22. The SMILES string of the molecule is COc1ccc(CC(=O)C2(c3ccc4c(c3)OCO4)CC2)cc1-c1cccc(S(N)(=O)=O)c1.[HH]. The Morgan fingerprint density at radius 3 is 2.58 bits per heavy atom. The van der Waals surface area contributed by atoms with Gasteiger partial charge in [0.05, 0.1) is 17.4 Å². The fraction of sp³-hybridized carbons (Fsp3) is 0.240. The fourth-order valence-electron chi connectivity index (χ4n) is 4.33. The molecule has 0 bridgehead atoms. The number of rotatable bonds is 7. The highest BCUT2D eigenvalue weighted by Gasteiger charge is 2.50. The van der Waals surface area contributed by atoms with Gasteiger partial charge >= 0.3 is 0 Å². The summed E-state index contributed by atoms with van der Waals surface area (Å²) >= 11 is 0. The fourth-order valence-corrected chi connectivity index (χ4v) is 4.89. The highest BCUT2D eigenvalue weighted by atomic mass is 32.2. The summed E-state index contributed by atoms with van der Waals surface area (Å²) in [6.45, 7) is 0.195. The van der Waals surface area contributed by atoms with Crippen LogP contribution in [0.2, 0.25) is 0 Å². The van der Waals surface area contributed by atoms with E-state index in [0.717, 1.165) is 24.0 Å². The van der Waals surface area contributed by atoms with Gasteiger partial charge in [0, 0.05) is 13.4 Å². The largest absolute Gasteiger partial charge is 0.496 e. The zero-order valence-electron chi connectivity index (χ0n) is 18.0. The molecule has 5 rings (SSSR count). The Morgan fingerprint density at radius 2 is 1.85 bits per heavy atom. The van der Waals surface area contributed by atoms with Crippen LogP contribution in [0.15, 0.2) is 65.6 Å². The van der Waals surface area contributed by atoms with E-state index in [9.17, 15) is 13.2 Å². The summed E-state index contributed by atoms with van der Waals surface area (Å²) in [5.41, 5.74) is 2.61. The van der Waals surface area contributed by atoms with Gasteiger partial charge in [-0.3, -0.25) is 4.79 Å². The normalized spacial score (nSPS) is 15.8. The number of hydrogen-bond donors (Lipinski definition) is 1. The van der Waals surface area contributed by atoms with Crippen molar-refractivity contribution >= 4 is 15.8 Å². The Labute approximate surface area is 193 Å².